The molecule has 4 nitrogen and oxygen atoms in total. The van der Waals surface area contributed by atoms with Crippen molar-refractivity contribution in [3.8, 4) is 0 Å². The Bertz CT molecular complexity index is 862. The van der Waals surface area contributed by atoms with E-state index in [2.05, 4.69) is 20.6 Å². The number of ether oxygens (including phenoxy) is 1. The van der Waals surface area contributed by atoms with E-state index in [0.29, 0.717) is 42.3 Å². The summed E-state index contributed by atoms with van der Waals surface area (Å²) in [4.78, 5) is 29.5. The van der Waals surface area contributed by atoms with Crippen LogP contribution in [-0.4, -0.2) is 29.6 Å². The molecule has 0 radical (unpaired) electrons. The first-order chi connectivity index (χ1) is 13.9. The third-order valence-corrected chi connectivity index (χ3v) is 10.8. The SMILES string of the molecule is C=NC12CCC3(CCC(=O)O3)C1(CC)CCC1C2C2CC2C2=CC(=O)CCC21C. The number of hydrogen-bond donors (Lipinski definition) is 0. The average Bonchev–Trinajstić information content (AvgIpc) is 3.34. The Labute approximate surface area is 173 Å². The zero-order valence-corrected chi connectivity index (χ0v) is 17.8. The van der Waals surface area contributed by atoms with E-state index >= 15 is 0 Å². The number of fused-ring (bicyclic) bond motifs is 9. The molecule has 1 heterocycles. The minimum atomic E-state index is -0.324. The second-order valence-electron chi connectivity index (χ2n) is 11.1. The van der Waals surface area contributed by atoms with Gasteiger partial charge >= 0.3 is 5.97 Å². The second-order valence-corrected chi connectivity index (χ2v) is 11.1. The molecule has 0 bridgehead atoms. The fourth-order valence-electron chi connectivity index (χ4n) is 9.59. The maximum atomic E-state index is 12.2. The number of carbonyl (C=O) groups excluding carboxylic acids is 2. The van der Waals surface area contributed by atoms with Crippen molar-refractivity contribution in [3.63, 3.8) is 0 Å². The van der Waals surface area contributed by atoms with Gasteiger partial charge in [-0.3, -0.25) is 14.6 Å². The molecule has 29 heavy (non-hydrogen) atoms. The lowest BCUT2D eigenvalue weighted by Gasteiger charge is -2.63. The van der Waals surface area contributed by atoms with Crippen LogP contribution in [0.15, 0.2) is 16.6 Å². The van der Waals surface area contributed by atoms with E-state index in [1.54, 1.807) is 0 Å². The van der Waals surface area contributed by atoms with Crippen molar-refractivity contribution in [2.24, 2.45) is 39.5 Å². The molecule has 4 saturated carbocycles. The van der Waals surface area contributed by atoms with Crippen LogP contribution in [0.1, 0.15) is 78.1 Å². The summed E-state index contributed by atoms with van der Waals surface area (Å²) in [5.74, 6) is 2.61. The van der Waals surface area contributed by atoms with E-state index < -0.39 is 0 Å². The first kappa shape index (κ1) is 18.3. The molecule has 8 unspecified atom stereocenters. The van der Waals surface area contributed by atoms with Crippen molar-refractivity contribution in [1.82, 2.24) is 0 Å². The molecular formula is C25H33NO3. The Morgan fingerprint density at radius 1 is 1.17 bits per heavy atom. The van der Waals surface area contributed by atoms with Gasteiger partial charge in [0.2, 0.25) is 0 Å². The van der Waals surface area contributed by atoms with E-state index in [4.69, 9.17) is 9.73 Å². The first-order valence-electron chi connectivity index (χ1n) is 11.8. The Kier molecular flexibility index (Phi) is 3.43. The number of hydrogen-bond acceptors (Lipinski definition) is 4. The molecule has 0 aromatic heterocycles. The number of esters is 1. The molecule has 5 fully saturated rings. The maximum Gasteiger partial charge on any atom is 0.306 e. The molecular weight excluding hydrogens is 362 g/mol. The Morgan fingerprint density at radius 3 is 2.69 bits per heavy atom. The lowest BCUT2D eigenvalue weighted by Crippen LogP contribution is -2.65. The number of allylic oxidation sites excluding steroid dienone is 1. The van der Waals surface area contributed by atoms with Crippen LogP contribution < -0.4 is 0 Å². The van der Waals surface area contributed by atoms with Gasteiger partial charge in [0.1, 0.15) is 5.60 Å². The van der Waals surface area contributed by atoms with Gasteiger partial charge in [-0.25, -0.2) is 0 Å². The molecule has 1 saturated heterocycles. The van der Waals surface area contributed by atoms with E-state index in [1.165, 1.54) is 18.4 Å². The van der Waals surface area contributed by atoms with Crippen LogP contribution in [0, 0.1) is 34.5 Å². The van der Waals surface area contributed by atoms with Crippen LogP contribution in [0.5, 0.6) is 0 Å². The number of carbonyl (C=O) groups is 2. The Hall–Kier alpha value is -1.45. The largest absolute Gasteiger partial charge is 0.458 e. The van der Waals surface area contributed by atoms with Crippen molar-refractivity contribution in [3.05, 3.63) is 11.6 Å². The van der Waals surface area contributed by atoms with Crippen LogP contribution in [0.2, 0.25) is 0 Å². The fourth-order valence-corrected chi connectivity index (χ4v) is 9.59. The van der Waals surface area contributed by atoms with Gasteiger partial charge in [0.25, 0.3) is 0 Å². The maximum absolute atomic E-state index is 12.2. The molecule has 1 aliphatic heterocycles. The summed E-state index contributed by atoms with van der Waals surface area (Å²) in [5.41, 5.74) is 1.03. The van der Waals surface area contributed by atoms with Crippen molar-refractivity contribution in [2.75, 3.05) is 0 Å². The van der Waals surface area contributed by atoms with Crippen molar-refractivity contribution in [1.29, 1.82) is 0 Å². The number of nitrogens with zero attached hydrogens (tertiary/aromatic N) is 1. The highest BCUT2D eigenvalue weighted by molar-refractivity contribution is 5.92. The van der Waals surface area contributed by atoms with Gasteiger partial charge in [0.05, 0.1) is 5.54 Å². The van der Waals surface area contributed by atoms with Crippen LogP contribution >= 0.6 is 0 Å². The molecule has 0 aromatic rings. The molecule has 0 aromatic carbocycles. The molecule has 6 rings (SSSR count). The van der Waals surface area contributed by atoms with Gasteiger partial charge in [0.15, 0.2) is 5.78 Å². The summed E-state index contributed by atoms with van der Waals surface area (Å²) >= 11 is 0. The third-order valence-electron chi connectivity index (χ3n) is 10.8. The zero-order valence-electron chi connectivity index (χ0n) is 17.8. The number of aliphatic imine (C=N–C) groups is 1. The molecule has 8 atom stereocenters. The molecule has 6 aliphatic rings. The van der Waals surface area contributed by atoms with Gasteiger partial charge in [-0.2, -0.15) is 0 Å². The molecule has 156 valence electrons. The molecule has 0 amide bonds. The van der Waals surface area contributed by atoms with Crippen LogP contribution in [0.4, 0.5) is 0 Å². The summed E-state index contributed by atoms with van der Waals surface area (Å²) in [5, 5.41) is 0. The topological polar surface area (TPSA) is 55.7 Å². The first-order valence-corrected chi connectivity index (χ1v) is 11.8. The zero-order chi connectivity index (χ0) is 20.2. The van der Waals surface area contributed by atoms with Crippen LogP contribution in [-0.2, 0) is 14.3 Å². The second kappa shape index (κ2) is 5.42. The number of rotatable bonds is 2. The molecule has 0 N–H and O–H groups in total. The fraction of sp³-hybridized carbons (Fsp3) is 0.800. The minimum absolute atomic E-state index is 0.0178. The van der Waals surface area contributed by atoms with Gasteiger partial charge in [-0.1, -0.05) is 19.4 Å². The van der Waals surface area contributed by atoms with E-state index in [-0.39, 0.29) is 27.9 Å². The summed E-state index contributed by atoms with van der Waals surface area (Å²) < 4.78 is 6.19. The van der Waals surface area contributed by atoms with E-state index in [0.717, 1.165) is 38.5 Å². The summed E-state index contributed by atoms with van der Waals surface area (Å²) in [6.45, 7) is 8.94. The monoisotopic (exact) mass is 395 g/mol. The molecule has 5 aliphatic carbocycles. The summed E-state index contributed by atoms with van der Waals surface area (Å²) in [7, 11) is 0. The normalized spacial score (nSPS) is 54.8. The van der Waals surface area contributed by atoms with E-state index in [1.807, 2.05) is 6.08 Å². The van der Waals surface area contributed by atoms with Gasteiger partial charge in [-0.05, 0) is 93.2 Å². The predicted molar refractivity (Wildman–Crippen MR) is 111 cm³/mol. The van der Waals surface area contributed by atoms with Gasteiger partial charge < -0.3 is 4.74 Å². The smallest absolute Gasteiger partial charge is 0.306 e. The minimum Gasteiger partial charge on any atom is -0.458 e. The molecule has 1 spiro atoms. The Morgan fingerprint density at radius 2 is 2.00 bits per heavy atom. The lowest BCUT2D eigenvalue weighted by molar-refractivity contribution is -0.176. The average molecular weight is 396 g/mol. The third kappa shape index (κ3) is 1.87. The highest BCUT2D eigenvalue weighted by Crippen LogP contribution is 2.78. The standard InChI is InChI=1S/C25H33NO3/c1-4-23-9-6-18-21(17-14-16(17)19-13-15(27)5-8-22(18,19)2)25(23,26-3)12-11-24(23)10-7-20(28)29-24/h13,16-18,21H,3-12,14H2,1-2H3. The van der Waals surface area contributed by atoms with Crippen LogP contribution in [0.3, 0.4) is 0 Å². The highest BCUT2D eigenvalue weighted by Gasteiger charge is 2.78. The van der Waals surface area contributed by atoms with Gasteiger partial charge in [-0.15, -0.1) is 0 Å². The van der Waals surface area contributed by atoms with Crippen molar-refractivity contribution >= 4 is 18.5 Å². The van der Waals surface area contributed by atoms with E-state index in [9.17, 15) is 9.59 Å². The summed E-state index contributed by atoms with van der Waals surface area (Å²) in [6.07, 6.45) is 11.5. The van der Waals surface area contributed by atoms with Crippen molar-refractivity contribution in [2.45, 2.75) is 89.2 Å². The van der Waals surface area contributed by atoms with Crippen molar-refractivity contribution < 1.29 is 14.3 Å². The Balaban J connectivity index is 1.50. The van der Waals surface area contributed by atoms with Crippen LogP contribution in [0.25, 0.3) is 0 Å². The molecule has 4 heteroatoms. The predicted octanol–water partition coefficient (Wildman–Crippen LogP) is 4.66. The highest BCUT2D eigenvalue weighted by atomic mass is 16.6. The number of ketones is 1. The quantitative estimate of drug-likeness (QED) is 0.505. The lowest BCUT2D eigenvalue weighted by atomic mass is 9.43. The van der Waals surface area contributed by atoms with Gasteiger partial charge in [0, 0.05) is 18.3 Å². The summed E-state index contributed by atoms with van der Waals surface area (Å²) in [6, 6.07) is 0.